The van der Waals surface area contributed by atoms with Gasteiger partial charge in [0.2, 0.25) is 0 Å². The lowest BCUT2D eigenvalue weighted by molar-refractivity contribution is -0.153. The first-order chi connectivity index (χ1) is 6.94. The Morgan fingerprint density at radius 1 is 1.33 bits per heavy atom. The number of rotatable bonds is 7. The van der Waals surface area contributed by atoms with Crippen molar-refractivity contribution in [3.05, 3.63) is 0 Å². The van der Waals surface area contributed by atoms with Crippen LogP contribution in [0.1, 0.15) is 47.0 Å². The molecule has 0 aromatic rings. The van der Waals surface area contributed by atoms with Crippen LogP contribution < -0.4 is 5.73 Å². The Kier molecular flexibility index (Phi) is 5.88. The minimum absolute atomic E-state index is 0.183. The molecule has 0 aliphatic carbocycles. The van der Waals surface area contributed by atoms with E-state index in [2.05, 4.69) is 13.8 Å². The number of hydrogen-bond acceptors (Lipinski definition) is 2. The molecule has 3 nitrogen and oxygen atoms in total. The Bertz CT molecular complexity index is 200. The smallest absolute Gasteiger partial charge is 0.311 e. The molecule has 0 rings (SSSR count). The van der Waals surface area contributed by atoms with E-state index in [9.17, 15) is 9.90 Å². The number of aliphatic carboxylic acids is 1. The molecule has 15 heavy (non-hydrogen) atoms. The summed E-state index contributed by atoms with van der Waals surface area (Å²) < 4.78 is 0. The second kappa shape index (κ2) is 6.11. The van der Waals surface area contributed by atoms with Crippen LogP contribution in [0.3, 0.4) is 0 Å². The van der Waals surface area contributed by atoms with Crippen molar-refractivity contribution in [2.75, 3.05) is 6.54 Å². The van der Waals surface area contributed by atoms with Gasteiger partial charge >= 0.3 is 5.97 Å². The highest BCUT2D eigenvalue weighted by molar-refractivity contribution is 5.75. The fourth-order valence-corrected chi connectivity index (χ4v) is 2.56. The second-order valence-corrected chi connectivity index (χ2v) is 4.78. The summed E-state index contributed by atoms with van der Waals surface area (Å²) in [5.41, 5.74) is 5.00. The van der Waals surface area contributed by atoms with Crippen LogP contribution in [0, 0.1) is 17.3 Å². The Morgan fingerprint density at radius 2 is 1.80 bits per heavy atom. The Hall–Kier alpha value is -0.570. The summed E-state index contributed by atoms with van der Waals surface area (Å²) in [4.78, 5) is 11.5. The molecule has 0 aliphatic heterocycles. The molecule has 0 amide bonds. The zero-order chi connectivity index (χ0) is 12.1. The van der Waals surface area contributed by atoms with Crippen molar-refractivity contribution in [1.29, 1.82) is 0 Å². The van der Waals surface area contributed by atoms with Gasteiger partial charge in [-0.2, -0.15) is 0 Å². The Morgan fingerprint density at radius 3 is 2.00 bits per heavy atom. The molecule has 0 aromatic carbocycles. The van der Waals surface area contributed by atoms with Gasteiger partial charge in [-0.25, -0.2) is 0 Å². The third kappa shape index (κ3) is 3.20. The van der Waals surface area contributed by atoms with Crippen LogP contribution >= 0.6 is 0 Å². The first kappa shape index (κ1) is 14.4. The summed E-state index contributed by atoms with van der Waals surface area (Å²) in [6, 6.07) is 0. The second-order valence-electron chi connectivity index (χ2n) is 4.78. The molecule has 3 heteroatoms. The van der Waals surface area contributed by atoms with Crippen LogP contribution in [-0.2, 0) is 4.79 Å². The van der Waals surface area contributed by atoms with Crippen LogP contribution in [0.4, 0.5) is 0 Å². The van der Waals surface area contributed by atoms with Crippen molar-refractivity contribution in [1.82, 2.24) is 0 Å². The number of hydrogen-bond donors (Lipinski definition) is 2. The van der Waals surface area contributed by atoms with Gasteiger partial charge in [0.15, 0.2) is 0 Å². The molecular formula is C12H25NO2. The summed E-state index contributed by atoms with van der Waals surface area (Å²) in [5.74, 6) is -0.181. The summed E-state index contributed by atoms with van der Waals surface area (Å²) in [6.07, 6.45) is 2.44. The van der Waals surface area contributed by atoms with Gasteiger partial charge in [-0.15, -0.1) is 0 Å². The minimum Gasteiger partial charge on any atom is -0.481 e. The summed E-state index contributed by atoms with van der Waals surface area (Å²) in [6.45, 7) is 8.43. The Labute approximate surface area is 93.0 Å². The molecule has 0 fully saturated rings. The average Bonchev–Trinajstić information content (AvgIpc) is 2.16. The molecule has 1 unspecified atom stereocenters. The highest BCUT2D eigenvalue weighted by Crippen LogP contribution is 2.38. The number of carboxylic acids is 1. The lowest BCUT2D eigenvalue weighted by Crippen LogP contribution is -2.45. The molecule has 90 valence electrons. The van der Waals surface area contributed by atoms with E-state index in [-0.39, 0.29) is 12.5 Å². The van der Waals surface area contributed by atoms with Crippen molar-refractivity contribution in [2.24, 2.45) is 23.0 Å². The van der Waals surface area contributed by atoms with Crippen LogP contribution in [0.25, 0.3) is 0 Å². The predicted octanol–water partition coefficient (Wildman–Crippen LogP) is 2.50. The number of carboxylic acid groups (broad SMARTS) is 1. The maximum Gasteiger partial charge on any atom is 0.311 e. The van der Waals surface area contributed by atoms with Crippen LogP contribution in [0.2, 0.25) is 0 Å². The van der Waals surface area contributed by atoms with E-state index in [0.717, 1.165) is 12.8 Å². The largest absolute Gasteiger partial charge is 0.481 e. The molecule has 3 N–H and O–H groups in total. The van der Waals surface area contributed by atoms with Gasteiger partial charge in [-0.3, -0.25) is 4.79 Å². The van der Waals surface area contributed by atoms with E-state index in [1.807, 2.05) is 13.8 Å². The van der Waals surface area contributed by atoms with Gasteiger partial charge in [-0.05, 0) is 18.3 Å². The lowest BCUT2D eigenvalue weighted by Gasteiger charge is -2.36. The highest BCUT2D eigenvalue weighted by atomic mass is 16.4. The summed E-state index contributed by atoms with van der Waals surface area (Å²) in [5, 5.41) is 9.43. The summed E-state index contributed by atoms with van der Waals surface area (Å²) in [7, 11) is 0. The first-order valence-corrected chi connectivity index (χ1v) is 5.88. The highest BCUT2D eigenvalue weighted by Gasteiger charge is 2.43. The monoisotopic (exact) mass is 215 g/mol. The van der Waals surface area contributed by atoms with Crippen molar-refractivity contribution in [2.45, 2.75) is 47.0 Å². The fourth-order valence-electron chi connectivity index (χ4n) is 2.56. The lowest BCUT2D eigenvalue weighted by atomic mass is 9.68. The SMILES string of the molecule is CCC(CC)C(CN)(CC(C)C)C(=O)O. The third-order valence-electron chi connectivity index (χ3n) is 3.33. The molecule has 1 atom stereocenters. The van der Waals surface area contributed by atoms with Gasteiger partial charge in [0, 0.05) is 6.54 Å². The van der Waals surface area contributed by atoms with Crippen molar-refractivity contribution >= 4 is 5.97 Å². The van der Waals surface area contributed by atoms with Crippen LogP contribution in [0.5, 0.6) is 0 Å². The average molecular weight is 215 g/mol. The summed E-state index contributed by atoms with van der Waals surface area (Å²) >= 11 is 0. The van der Waals surface area contributed by atoms with E-state index in [4.69, 9.17) is 5.73 Å². The van der Waals surface area contributed by atoms with Gasteiger partial charge in [0.1, 0.15) is 0 Å². The molecule has 0 radical (unpaired) electrons. The predicted molar refractivity (Wildman–Crippen MR) is 62.7 cm³/mol. The van der Waals surface area contributed by atoms with Crippen molar-refractivity contribution in [3.63, 3.8) is 0 Å². The van der Waals surface area contributed by atoms with Crippen molar-refractivity contribution in [3.8, 4) is 0 Å². The van der Waals surface area contributed by atoms with Gasteiger partial charge in [-0.1, -0.05) is 40.5 Å². The topological polar surface area (TPSA) is 63.3 Å². The van der Waals surface area contributed by atoms with Gasteiger partial charge < -0.3 is 10.8 Å². The normalized spacial score (nSPS) is 15.7. The van der Waals surface area contributed by atoms with Gasteiger partial charge in [0.05, 0.1) is 5.41 Å². The zero-order valence-electron chi connectivity index (χ0n) is 10.4. The standard InChI is InChI=1S/C12H25NO2/c1-5-10(6-2)12(8-13,11(14)15)7-9(3)4/h9-10H,5-8,13H2,1-4H3,(H,14,15). The molecule has 0 aromatic heterocycles. The van der Waals surface area contributed by atoms with E-state index >= 15 is 0 Å². The molecular weight excluding hydrogens is 190 g/mol. The van der Waals surface area contributed by atoms with Crippen molar-refractivity contribution < 1.29 is 9.90 Å². The minimum atomic E-state index is -0.729. The maximum absolute atomic E-state index is 11.5. The number of carbonyl (C=O) groups is 1. The fraction of sp³-hybridized carbons (Fsp3) is 0.917. The van der Waals surface area contributed by atoms with Crippen LogP contribution in [0.15, 0.2) is 0 Å². The molecule has 0 aliphatic rings. The molecule has 0 heterocycles. The van der Waals surface area contributed by atoms with E-state index in [0.29, 0.717) is 12.3 Å². The van der Waals surface area contributed by atoms with Crippen LogP contribution in [-0.4, -0.2) is 17.6 Å². The maximum atomic E-state index is 11.5. The third-order valence-corrected chi connectivity index (χ3v) is 3.33. The molecule has 0 spiro atoms. The quantitative estimate of drug-likeness (QED) is 0.686. The molecule has 0 bridgehead atoms. The first-order valence-electron chi connectivity index (χ1n) is 5.88. The van der Waals surface area contributed by atoms with E-state index in [1.165, 1.54) is 0 Å². The molecule has 0 saturated heterocycles. The van der Waals surface area contributed by atoms with E-state index in [1.54, 1.807) is 0 Å². The van der Waals surface area contributed by atoms with Gasteiger partial charge in [0.25, 0.3) is 0 Å². The Balaban J connectivity index is 5.03. The number of nitrogens with two attached hydrogens (primary N) is 1. The molecule has 0 saturated carbocycles. The zero-order valence-corrected chi connectivity index (χ0v) is 10.4. The van der Waals surface area contributed by atoms with E-state index < -0.39 is 11.4 Å².